The normalized spacial score (nSPS) is 31.6. The van der Waals surface area contributed by atoms with Crippen LogP contribution in [0.25, 0.3) is 0 Å². The third-order valence-corrected chi connectivity index (χ3v) is 4.38. The second-order valence-corrected chi connectivity index (χ2v) is 5.74. The highest BCUT2D eigenvalue weighted by Gasteiger charge is 2.39. The van der Waals surface area contributed by atoms with Gasteiger partial charge in [-0.1, -0.05) is 0 Å². The molecule has 2 fully saturated rings. The molecule has 3 atom stereocenters. The van der Waals surface area contributed by atoms with Crippen LogP contribution in [0.1, 0.15) is 30.6 Å². The summed E-state index contributed by atoms with van der Waals surface area (Å²) in [7, 11) is 2.22. The van der Waals surface area contributed by atoms with Gasteiger partial charge in [-0.2, -0.15) is 0 Å². The molecule has 3 nitrogen and oxygen atoms in total. The monoisotopic (exact) mass is 234 g/mol. The summed E-state index contributed by atoms with van der Waals surface area (Å²) >= 11 is 0. The number of fused-ring (bicyclic) bond motifs is 2. The third kappa shape index (κ3) is 2.26. The molecule has 0 spiro atoms. The van der Waals surface area contributed by atoms with E-state index in [1.165, 1.54) is 31.4 Å². The van der Waals surface area contributed by atoms with E-state index in [-0.39, 0.29) is 0 Å². The average molecular weight is 234 g/mol. The zero-order chi connectivity index (χ0) is 11.8. The van der Waals surface area contributed by atoms with Gasteiger partial charge in [0.1, 0.15) is 5.76 Å². The second kappa shape index (κ2) is 4.46. The van der Waals surface area contributed by atoms with Crippen molar-refractivity contribution in [1.29, 1.82) is 0 Å². The van der Waals surface area contributed by atoms with Gasteiger partial charge in [-0.3, -0.25) is 0 Å². The molecule has 0 saturated carbocycles. The molecule has 2 saturated heterocycles. The Morgan fingerprint density at radius 2 is 2.35 bits per heavy atom. The van der Waals surface area contributed by atoms with E-state index < -0.39 is 0 Å². The van der Waals surface area contributed by atoms with Crippen LogP contribution in [0.5, 0.6) is 0 Å². The van der Waals surface area contributed by atoms with Gasteiger partial charge >= 0.3 is 0 Å². The molecule has 0 aromatic carbocycles. The lowest BCUT2D eigenvalue weighted by Crippen LogP contribution is -2.32. The Bertz CT molecular complexity index is 387. The fraction of sp³-hybridized carbons (Fsp3) is 0.714. The van der Waals surface area contributed by atoms with Gasteiger partial charge in [-0.15, -0.1) is 0 Å². The van der Waals surface area contributed by atoms with Crippen molar-refractivity contribution in [2.75, 3.05) is 13.6 Å². The number of hydrogen-bond acceptors (Lipinski definition) is 3. The summed E-state index contributed by atoms with van der Waals surface area (Å²) in [6, 6.07) is 3.69. The van der Waals surface area contributed by atoms with E-state index in [1.54, 1.807) is 6.26 Å². The molecule has 94 valence electrons. The van der Waals surface area contributed by atoms with Crippen molar-refractivity contribution < 1.29 is 4.42 Å². The van der Waals surface area contributed by atoms with Gasteiger partial charge in [0.05, 0.1) is 6.26 Å². The molecule has 2 aliphatic heterocycles. The first kappa shape index (κ1) is 11.3. The lowest BCUT2D eigenvalue weighted by atomic mass is 9.89. The smallest absolute Gasteiger partial charge is 0.105 e. The summed E-state index contributed by atoms with van der Waals surface area (Å²) in [5.41, 5.74) is 1.32. The number of nitrogens with zero attached hydrogens (tertiary/aromatic N) is 1. The molecule has 3 rings (SSSR count). The molecule has 17 heavy (non-hydrogen) atoms. The minimum atomic E-state index is 0.785. The summed E-state index contributed by atoms with van der Waals surface area (Å²) in [5, 5.41) is 3.71. The maximum absolute atomic E-state index is 5.35. The van der Waals surface area contributed by atoms with E-state index in [9.17, 15) is 0 Å². The minimum Gasteiger partial charge on any atom is -0.469 e. The van der Waals surface area contributed by atoms with Crippen molar-refractivity contribution in [3.8, 4) is 0 Å². The van der Waals surface area contributed by atoms with Gasteiger partial charge in [0.2, 0.25) is 0 Å². The van der Waals surface area contributed by atoms with Crippen LogP contribution >= 0.6 is 0 Å². The molecule has 0 amide bonds. The Labute approximate surface area is 103 Å². The van der Waals surface area contributed by atoms with Crippen LogP contribution in [0.4, 0.5) is 0 Å². The predicted octanol–water partition coefficient (Wildman–Crippen LogP) is 2.16. The molecule has 3 heterocycles. The number of hydrogen-bond donors (Lipinski definition) is 1. The highest BCUT2D eigenvalue weighted by molar-refractivity contribution is 5.15. The first-order chi connectivity index (χ1) is 8.22. The van der Waals surface area contributed by atoms with Crippen LogP contribution in [-0.2, 0) is 6.54 Å². The van der Waals surface area contributed by atoms with Crippen LogP contribution in [-0.4, -0.2) is 30.6 Å². The van der Waals surface area contributed by atoms with Crippen LogP contribution in [0.3, 0.4) is 0 Å². The van der Waals surface area contributed by atoms with Crippen molar-refractivity contribution in [2.45, 2.75) is 44.8 Å². The molecular weight excluding hydrogens is 212 g/mol. The highest BCUT2D eigenvalue weighted by atomic mass is 16.3. The molecular formula is C14H22N2O. The van der Waals surface area contributed by atoms with Gasteiger partial charge < -0.3 is 14.6 Å². The second-order valence-electron chi connectivity index (χ2n) is 5.74. The van der Waals surface area contributed by atoms with Gasteiger partial charge in [-0.05, 0) is 45.2 Å². The van der Waals surface area contributed by atoms with Crippen LogP contribution in [0.15, 0.2) is 16.7 Å². The van der Waals surface area contributed by atoms with E-state index in [0.29, 0.717) is 0 Å². The van der Waals surface area contributed by atoms with Crippen molar-refractivity contribution >= 4 is 0 Å². The van der Waals surface area contributed by atoms with Crippen LogP contribution < -0.4 is 5.32 Å². The summed E-state index contributed by atoms with van der Waals surface area (Å²) in [4.78, 5) is 2.44. The number of rotatable bonds is 4. The van der Waals surface area contributed by atoms with Crippen molar-refractivity contribution in [3.05, 3.63) is 23.7 Å². The first-order valence-corrected chi connectivity index (χ1v) is 6.70. The molecule has 1 aromatic rings. The van der Waals surface area contributed by atoms with E-state index in [1.807, 2.05) is 6.92 Å². The molecule has 0 radical (unpaired) electrons. The lowest BCUT2D eigenvalue weighted by Gasteiger charge is -2.26. The molecule has 0 aliphatic carbocycles. The topological polar surface area (TPSA) is 28.4 Å². The van der Waals surface area contributed by atoms with E-state index in [4.69, 9.17) is 4.42 Å². The Kier molecular flexibility index (Phi) is 2.97. The molecule has 1 N–H and O–H groups in total. The number of aryl methyl sites for hydroxylation is 1. The van der Waals surface area contributed by atoms with E-state index in [2.05, 4.69) is 23.3 Å². The predicted molar refractivity (Wildman–Crippen MR) is 67.8 cm³/mol. The SMILES string of the molecule is Cc1occc1CN(C)CC1CC2CCC1N2. The molecule has 3 heteroatoms. The Balaban J connectivity index is 1.54. The van der Waals surface area contributed by atoms with Crippen molar-refractivity contribution in [1.82, 2.24) is 10.2 Å². The summed E-state index contributed by atoms with van der Waals surface area (Å²) < 4.78 is 5.35. The van der Waals surface area contributed by atoms with Gasteiger partial charge in [0.15, 0.2) is 0 Å². The Morgan fingerprint density at radius 1 is 1.47 bits per heavy atom. The van der Waals surface area contributed by atoms with Crippen molar-refractivity contribution in [2.24, 2.45) is 5.92 Å². The van der Waals surface area contributed by atoms with Crippen LogP contribution in [0.2, 0.25) is 0 Å². The molecule has 1 aromatic heterocycles. The maximum atomic E-state index is 5.35. The standard InChI is InChI=1S/C14H22N2O/c1-10-11(5-6-17-10)8-16(2)9-12-7-13-3-4-14(12)15-13/h5-6,12-15H,3-4,7-9H2,1-2H3. The molecule has 2 bridgehead atoms. The molecule has 3 unspecified atom stereocenters. The van der Waals surface area contributed by atoms with E-state index in [0.717, 1.165) is 30.3 Å². The quantitative estimate of drug-likeness (QED) is 0.865. The fourth-order valence-electron chi connectivity index (χ4n) is 3.47. The summed E-state index contributed by atoms with van der Waals surface area (Å²) in [6.07, 6.45) is 5.94. The Hall–Kier alpha value is -0.800. The zero-order valence-corrected chi connectivity index (χ0v) is 10.8. The largest absolute Gasteiger partial charge is 0.469 e. The summed E-state index contributed by atoms with van der Waals surface area (Å²) in [6.45, 7) is 4.26. The number of nitrogens with one attached hydrogen (secondary N) is 1. The average Bonchev–Trinajstić information content (AvgIpc) is 2.96. The van der Waals surface area contributed by atoms with Crippen LogP contribution in [0, 0.1) is 12.8 Å². The van der Waals surface area contributed by atoms with Gasteiger partial charge in [0, 0.05) is 30.7 Å². The molecule has 2 aliphatic rings. The lowest BCUT2D eigenvalue weighted by molar-refractivity contribution is 0.241. The van der Waals surface area contributed by atoms with Gasteiger partial charge in [0.25, 0.3) is 0 Å². The first-order valence-electron chi connectivity index (χ1n) is 6.70. The third-order valence-electron chi connectivity index (χ3n) is 4.38. The highest BCUT2D eigenvalue weighted by Crippen LogP contribution is 2.33. The zero-order valence-electron chi connectivity index (χ0n) is 10.8. The maximum Gasteiger partial charge on any atom is 0.105 e. The minimum absolute atomic E-state index is 0.785. The fourth-order valence-corrected chi connectivity index (χ4v) is 3.47. The van der Waals surface area contributed by atoms with E-state index >= 15 is 0 Å². The van der Waals surface area contributed by atoms with Crippen molar-refractivity contribution in [3.63, 3.8) is 0 Å². The van der Waals surface area contributed by atoms with Gasteiger partial charge in [-0.25, -0.2) is 0 Å². The summed E-state index contributed by atoms with van der Waals surface area (Å²) in [5.74, 6) is 1.91. The number of furan rings is 1. The Morgan fingerprint density at radius 3 is 2.94 bits per heavy atom.